The summed E-state index contributed by atoms with van der Waals surface area (Å²) in [7, 11) is 1.98. The fourth-order valence-corrected chi connectivity index (χ4v) is 3.15. The third-order valence-electron chi connectivity index (χ3n) is 4.51. The van der Waals surface area contributed by atoms with Crippen LogP contribution in [0.25, 0.3) is 21.9 Å². The molecule has 0 bridgehead atoms. The van der Waals surface area contributed by atoms with Crippen molar-refractivity contribution in [1.29, 1.82) is 0 Å². The zero-order valence-corrected chi connectivity index (χ0v) is 14.4. The van der Waals surface area contributed by atoms with E-state index in [1.165, 1.54) is 11.6 Å². The first-order valence-corrected chi connectivity index (χ1v) is 8.22. The molecule has 130 valence electrons. The summed E-state index contributed by atoms with van der Waals surface area (Å²) >= 11 is 0. The molecule has 0 spiro atoms. The van der Waals surface area contributed by atoms with Gasteiger partial charge in [-0.3, -0.25) is 15.1 Å². The number of nitrogens with one attached hydrogen (secondary N) is 1. The Hall–Kier alpha value is -3.48. The maximum absolute atomic E-state index is 11.2. The topological polar surface area (TPSA) is 85.9 Å². The van der Waals surface area contributed by atoms with E-state index in [2.05, 4.69) is 33.5 Å². The number of benzene rings is 2. The SMILES string of the molecule is Cc1ccc2c(c1)nc(CNc1ccc([N+](=O)[O-])c3cccnc13)n2C. The van der Waals surface area contributed by atoms with Crippen LogP contribution in [0.4, 0.5) is 11.4 Å². The number of nitrogens with zero attached hydrogens (tertiary/aromatic N) is 4. The molecular weight excluding hydrogens is 330 g/mol. The molecule has 0 unspecified atom stereocenters. The highest BCUT2D eigenvalue weighted by molar-refractivity contribution is 5.96. The molecular formula is C19H17N5O2. The fraction of sp³-hybridized carbons (Fsp3) is 0.158. The molecule has 7 heteroatoms. The van der Waals surface area contributed by atoms with Crippen LogP contribution in [0.3, 0.4) is 0 Å². The molecule has 4 rings (SSSR count). The van der Waals surface area contributed by atoms with Crippen molar-refractivity contribution in [3.05, 3.63) is 70.2 Å². The highest BCUT2D eigenvalue weighted by atomic mass is 16.6. The van der Waals surface area contributed by atoms with Gasteiger partial charge in [0.05, 0.1) is 33.6 Å². The molecule has 4 aromatic rings. The number of aryl methyl sites for hydroxylation is 2. The minimum absolute atomic E-state index is 0.0526. The van der Waals surface area contributed by atoms with E-state index in [-0.39, 0.29) is 10.6 Å². The maximum atomic E-state index is 11.2. The number of non-ortho nitro benzene ring substituents is 1. The summed E-state index contributed by atoms with van der Waals surface area (Å²) in [5.41, 5.74) is 4.57. The molecule has 2 heterocycles. The lowest BCUT2D eigenvalue weighted by molar-refractivity contribution is -0.383. The molecule has 0 radical (unpaired) electrons. The molecule has 0 saturated heterocycles. The van der Waals surface area contributed by atoms with Crippen molar-refractivity contribution in [1.82, 2.24) is 14.5 Å². The Morgan fingerprint density at radius 3 is 2.88 bits per heavy atom. The van der Waals surface area contributed by atoms with Crippen molar-refractivity contribution in [2.45, 2.75) is 13.5 Å². The third-order valence-corrected chi connectivity index (χ3v) is 4.51. The number of rotatable bonds is 4. The van der Waals surface area contributed by atoms with Crippen LogP contribution < -0.4 is 5.32 Å². The van der Waals surface area contributed by atoms with Crippen molar-refractivity contribution in [2.24, 2.45) is 7.05 Å². The third kappa shape index (κ3) is 2.63. The van der Waals surface area contributed by atoms with Gasteiger partial charge in [-0.2, -0.15) is 0 Å². The van der Waals surface area contributed by atoms with Gasteiger partial charge in [0, 0.05) is 19.3 Å². The summed E-state index contributed by atoms with van der Waals surface area (Å²) in [5, 5.41) is 15.1. The number of nitro groups is 1. The van der Waals surface area contributed by atoms with Gasteiger partial charge in [0.15, 0.2) is 0 Å². The van der Waals surface area contributed by atoms with E-state index in [0.717, 1.165) is 22.5 Å². The standard InChI is InChI=1S/C19H17N5O2/c1-12-5-7-17-15(10-12)22-18(23(17)2)11-21-14-6-8-16(24(25)26)13-4-3-9-20-19(13)14/h3-10,21H,11H2,1-2H3. The Morgan fingerprint density at radius 2 is 2.08 bits per heavy atom. The molecule has 0 saturated carbocycles. The van der Waals surface area contributed by atoms with Crippen molar-refractivity contribution in [3.63, 3.8) is 0 Å². The van der Waals surface area contributed by atoms with Crippen LogP contribution in [0.1, 0.15) is 11.4 Å². The molecule has 2 aromatic carbocycles. The zero-order chi connectivity index (χ0) is 18.3. The number of fused-ring (bicyclic) bond motifs is 2. The molecule has 0 aliphatic rings. The summed E-state index contributed by atoms with van der Waals surface area (Å²) in [6, 6.07) is 12.8. The van der Waals surface area contributed by atoms with Crippen molar-refractivity contribution >= 4 is 33.3 Å². The predicted molar refractivity (Wildman–Crippen MR) is 101 cm³/mol. The summed E-state index contributed by atoms with van der Waals surface area (Å²) in [5.74, 6) is 0.882. The Kier molecular flexibility index (Phi) is 3.76. The first-order chi connectivity index (χ1) is 12.5. The Labute approximate surface area is 149 Å². The summed E-state index contributed by atoms with van der Waals surface area (Å²) in [4.78, 5) is 19.8. The van der Waals surface area contributed by atoms with Gasteiger partial charge in [-0.15, -0.1) is 0 Å². The van der Waals surface area contributed by atoms with Crippen LogP contribution in [0.5, 0.6) is 0 Å². The average molecular weight is 347 g/mol. The summed E-state index contributed by atoms with van der Waals surface area (Å²) in [6.45, 7) is 2.54. The number of hydrogen-bond acceptors (Lipinski definition) is 5. The lowest BCUT2D eigenvalue weighted by atomic mass is 10.1. The quantitative estimate of drug-likeness (QED) is 0.446. The van der Waals surface area contributed by atoms with Gasteiger partial charge in [-0.05, 0) is 42.8 Å². The minimum atomic E-state index is -0.387. The van der Waals surface area contributed by atoms with E-state index in [1.807, 2.05) is 18.5 Å². The highest BCUT2D eigenvalue weighted by Gasteiger charge is 2.15. The molecule has 0 amide bonds. The van der Waals surface area contributed by atoms with Gasteiger partial charge in [0.25, 0.3) is 5.69 Å². The maximum Gasteiger partial charge on any atom is 0.278 e. The molecule has 2 aromatic heterocycles. The van der Waals surface area contributed by atoms with Gasteiger partial charge in [0.2, 0.25) is 0 Å². The van der Waals surface area contributed by atoms with Crippen LogP contribution in [0.2, 0.25) is 0 Å². The lowest BCUT2D eigenvalue weighted by Gasteiger charge is -2.09. The van der Waals surface area contributed by atoms with Crippen LogP contribution >= 0.6 is 0 Å². The Morgan fingerprint density at radius 1 is 1.23 bits per heavy atom. The first-order valence-electron chi connectivity index (χ1n) is 8.22. The van der Waals surface area contributed by atoms with Gasteiger partial charge in [0.1, 0.15) is 11.3 Å². The second-order valence-corrected chi connectivity index (χ2v) is 6.22. The minimum Gasteiger partial charge on any atom is -0.376 e. The molecule has 0 atom stereocenters. The van der Waals surface area contributed by atoms with Crippen molar-refractivity contribution in [2.75, 3.05) is 5.32 Å². The van der Waals surface area contributed by atoms with Crippen LogP contribution in [0, 0.1) is 17.0 Å². The monoisotopic (exact) mass is 347 g/mol. The zero-order valence-electron chi connectivity index (χ0n) is 14.4. The number of nitro benzene ring substituents is 1. The first kappa shape index (κ1) is 16.0. The molecule has 26 heavy (non-hydrogen) atoms. The van der Waals surface area contributed by atoms with Gasteiger partial charge < -0.3 is 9.88 Å². The van der Waals surface area contributed by atoms with Gasteiger partial charge in [-0.25, -0.2) is 4.98 Å². The van der Waals surface area contributed by atoms with Crippen LogP contribution in [-0.2, 0) is 13.6 Å². The molecule has 1 N–H and O–H groups in total. The summed E-state index contributed by atoms with van der Waals surface area (Å²) < 4.78 is 2.04. The lowest BCUT2D eigenvalue weighted by Crippen LogP contribution is -2.06. The van der Waals surface area contributed by atoms with E-state index < -0.39 is 0 Å². The highest BCUT2D eigenvalue weighted by Crippen LogP contribution is 2.30. The fourth-order valence-electron chi connectivity index (χ4n) is 3.15. The second-order valence-electron chi connectivity index (χ2n) is 6.22. The van der Waals surface area contributed by atoms with E-state index in [4.69, 9.17) is 0 Å². The predicted octanol–water partition coefficient (Wildman–Crippen LogP) is 3.95. The number of hydrogen-bond donors (Lipinski definition) is 1. The molecule has 0 aliphatic carbocycles. The average Bonchev–Trinajstić information content (AvgIpc) is 2.94. The van der Waals surface area contributed by atoms with E-state index in [9.17, 15) is 10.1 Å². The number of pyridine rings is 1. The molecule has 0 aliphatic heterocycles. The van der Waals surface area contributed by atoms with Crippen LogP contribution in [-0.4, -0.2) is 19.5 Å². The van der Waals surface area contributed by atoms with E-state index >= 15 is 0 Å². The van der Waals surface area contributed by atoms with E-state index in [1.54, 1.807) is 24.4 Å². The van der Waals surface area contributed by atoms with Crippen LogP contribution in [0.15, 0.2) is 48.7 Å². The summed E-state index contributed by atoms with van der Waals surface area (Å²) in [6.07, 6.45) is 1.63. The molecule has 7 nitrogen and oxygen atoms in total. The van der Waals surface area contributed by atoms with E-state index in [0.29, 0.717) is 17.4 Å². The smallest absolute Gasteiger partial charge is 0.278 e. The normalized spacial score (nSPS) is 11.2. The Balaban J connectivity index is 1.70. The molecule has 0 fully saturated rings. The second kappa shape index (κ2) is 6.11. The van der Waals surface area contributed by atoms with Gasteiger partial charge in [-0.1, -0.05) is 6.07 Å². The van der Waals surface area contributed by atoms with Gasteiger partial charge >= 0.3 is 0 Å². The number of anilines is 1. The van der Waals surface area contributed by atoms with Crippen molar-refractivity contribution in [3.8, 4) is 0 Å². The largest absolute Gasteiger partial charge is 0.376 e. The Bertz CT molecular complexity index is 1150. The number of aromatic nitrogens is 3. The number of imidazole rings is 1. The van der Waals surface area contributed by atoms with Crippen molar-refractivity contribution < 1.29 is 4.92 Å².